The van der Waals surface area contributed by atoms with Crippen molar-refractivity contribution in [2.45, 2.75) is 25.7 Å². The van der Waals surface area contributed by atoms with Crippen LogP contribution in [0.5, 0.6) is 5.75 Å². The first kappa shape index (κ1) is 28.0. The van der Waals surface area contributed by atoms with Crippen LogP contribution in [0.1, 0.15) is 28.4 Å². The summed E-state index contributed by atoms with van der Waals surface area (Å²) in [5.41, 5.74) is 13.2. The SMILES string of the molecule is COc1ccc(F)cc1C(=O)NCc1ccc(C(N)=C(C(N)=O)C(N)=NC(C)C(F)(F)F)c(F)c1F. The van der Waals surface area contributed by atoms with E-state index in [4.69, 9.17) is 21.9 Å². The van der Waals surface area contributed by atoms with E-state index in [0.29, 0.717) is 6.92 Å². The highest BCUT2D eigenvalue weighted by molar-refractivity contribution is 6.24. The normalized spacial score (nSPS) is 13.6. The molecule has 1 atom stereocenters. The van der Waals surface area contributed by atoms with Crippen molar-refractivity contribution in [3.8, 4) is 5.75 Å². The van der Waals surface area contributed by atoms with E-state index in [0.717, 1.165) is 24.3 Å². The van der Waals surface area contributed by atoms with Crippen molar-refractivity contribution in [1.29, 1.82) is 0 Å². The third kappa shape index (κ3) is 6.25. The molecule has 2 aromatic rings. The number of hydrogen-bond acceptors (Lipinski definition) is 5. The van der Waals surface area contributed by atoms with Crippen LogP contribution in [0.15, 0.2) is 40.9 Å². The molecule has 0 spiro atoms. The Morgan fingerprint density at radius 2 is 1.67 bits per heavy atom. The van der Waals surface area contributed by atoms with Gasteiger partial charge in [0, 0.05) is 17.7 Å². The van der Waals surface area contributed by atoms with Gasteiger partial charge in [0.2, 0.25) is 0 Å². The van der Waals surface area contributed by atoms with Crippen molar-refractivity contribution in [1.82, 2.24) is 5.32 Å². The molecule has 1 unspecified atom stereocenters. The molecule has 36 heavy (non-hydrogen) atoms. The fourth-order valence-electron chi connectivity index (χ4n) is 2.94. The quantitative estimate of drug-likeness (QED) is 0.184. The van der Waals surface area contributed by atoms with E-state index < -0.39 is 70.7 Å². The molecule has 0 bridgehead atoms. The second kappa shape index (κ2) is 11.0. The van der Waals surface area contributed by atoms with Crippen molar-refractivity contribution in [3.05, 3.63) is 70.0 Å². The van der Waals surface area contributed by atoms with Crippen LogP contribution in [0.25, 0.3) is 5.70 Å². The van der Waals surface area contributed by atoms with E-state index in [1.165, 1.54) is 13.2 Å². The number of carbonyl (C=O) groups is 2. The number of nitrogens with two attached hydrogens (primary N) is 3. The van der Waals surface area contributed by atoms with Gasteiger partial charge in [0.25, 0.3) is 11.8 Å². The lowest BCUT2D eigenvalue weighted by Gasteiger charge is -2.15. The Morgan fingerprint density at radius 3 is 2.22 bits per heavy atom. The number of nitrogens with one attached hydrogen (secondary N) is 1. The first-order valence-corrected chi connectivity index (χ1v) is 9.97. The maximum atomic E-state index is 14.8. The monoisotopic (exact) mass is 517 g/mol. The van der Waals surface area contributed by atoms with Gasteiger partial charge >= 0.3 is 6.18 Å². The van der Waals surface area contributed by atoms with Crippen LogP contribution in [-0.2, 0) is 11.3 Å². The number of benzene rings is 2. The minimum Gasteiger partial charge on any atom is -0.496 e. The third-order valence-electron chi connectivity index (χ3n) is 4.88. The Morgan fingerprint density at radius 1 is 1.03 bits per heavy atom. The Bertz CT molecular complexity index is 1240. The molecule has 0 aliphatic rings. The molecule has 0 aliphatic carbocycles. The largest absolute Gasteiger partial charge is 0.496 e. The van der Waals surface area contributed by atoms with Gasteiger partial charge in [-0.25, -0.2) is 13.2 Å². The van der Waals surface area contributed by atoms with Crippen molar-refractivity contribution in [2.75, 3.05) is 7.11 Å². The molecule has 0 heterocycles. The zero-order valence-corrected chi connectivity index (χ0v) is 18.8. The Kier molecular flexibility index (Phi) is 8.57. The number of amides is 2. The molecule has 0 saturated carbocycles. The number of methoxy groups -OCH3 is 1. The predicted octanol–water partition coefficient (Wildman–Crippen LogP) is 2.51. The summed E-state index contributed by atoms with van der Waals surface area (Å²) in [6, 6.07) is 2.70. The maximum absolute atomic E-state index is 14.8. The number of halogens is 6. The second-order valence-corrected chi connectivity index (χ2v) is 7.31. The number of primary amides is 1. The van der Waals surface area contributed by atoms with Gasteiger partial charge in [-0.05, 0) is 31.2 Å². The molecule has 0 aromatic heterocycles. The molecule has 7 N–H and O–H groups in total. The van der Waals surface area contributed by atoms with Crippen molar-refractivity contribution >= 4 is 23.3 Å². The topological polar surface area (TPSA) is 146 Å². The summed E-state index contributed by atoms with van der Waals surface area (Å²) in [5, 5.41) is 2.27. The standard InChI is InChI=1S/C22H21F6N5O3/c1-9(22(26,27)28)33-19(30)15(20(31)34)18(29)12-5-3-10(16(24)17(12)25)8-32-21(35)13-7-11(23)4-6-14(13)36-2/h3-7,9H,8,29H2,1-2H3,(H2,30,33)(H2,31,34)(H,32,35). The number of carbonyl (C=O) groups excluding carboxylic acids is 2. The van der Waals surface area contributed by atoms with Gasteiger partial charge in [0.05, 0.1) is 18.4 Å². The fraction of sp³-hybridized carbons (Fsp3) is 0.227. The van der Waals surface area contributed by atoms with Crippen LogP contribution in [0.3, 0.4) is 0 Å². The smallest absolute Gasteiger partial charge is 0.410 e. The van der Waals surface area contributed by atoms with Gasteiger partial charge < -0.3 is 27.3 Å². The van der Waals surface area contributed by atoms with Gasteiger partial charge in [0.15, 0.2) is 11.6 Å². The maximum Gasteiger partial charge on any atom is 0.410 e. The van der Waals surface area contributed by atoms with Crippen molar-refractivity contribution in [3.63, 3.8) is 0 Å². The minimum absolute atomic E-state index is 0.0342. The summed E-state index contributed by atoms with van der Waals surface area (Å²) in [7, 11) is 1.25. The van der Waals surface area contributed by atoms with Crippen molar-refractivity contribution < 1.29 is 40.7 Å². The van der Waals surface area contributed by atoms with Crippen LogP contribution in [0.2, 0.25) is 0 Å². The first-order valence-electron chi connectivity index (χ1n) is 9.97. The van der Waals surface area contributed by atoms with Crippen LogP contribution < -0.4 is 27.3 Å². The number of nitrogens with zero attached hydrogens (tertiary/aromatic N) is 1. The van der Waals surface area contributed by atoms with Crippen LogP contribution in [-0.4, -0.2) is 37.0 Å². The summed E-state index contributed by atoms with van der Waals surface area (Å²) >= 11 is 0. The summed E-state index contributed by atoms with van der Waals surface area (Å²) in [6.45, 7) is 0.0882. The average Bonchev–Trinajstić information content (AvgIpc) is 2.78. The van der Waals surface area contributed by atoms with Gasteiger partial charge in [0.1, 0.15) is 29.0 Å². The molecule has 2 rings (SSSR count). The summed E-state index contributed by atoms with van der Waals surface area (Å²) in [6.07, 6.45) is -4.80. The number of alkyl halides is 3. The molecular formula is C22H21F6N5O3. The van der Waals surface area contributed by atoms with E-state index >= 15 is 0 Å². The van der Waals surface area contributed by atoms with Crippen LogP contribution in [0.4, 0.5) is 26.3 Å². The van der Waals surface area contributed by atoms with E-state index in [9.17, 15) is 35.9 Å². The Hall–Kier alpha value is -4.23. The molecule has 14 heteroatoms. The van der Waals surface area contributed by atoms with E-state index in [2.05, 4.69) is 10.3 Å². The van der Waals surface area contributed by atoms with Gasteiger partial charge in [-0.1, -0.05) is 6.07 Å². The molecule has 2 amide bonds. The molecule has 0 radical (unpaired) electrons. The van der Waals surface area contributed by atoms with Crippen molar-refractivity contribution in [2.24, 2.45) is 22.2 Å². The summed E-state index contributed by atoms with van der Waals surface area (Å²) < 4.78 is 86.2. The number of rotatable bonds is 8. The van der Waals surface area contributed by atoms with E-state index in [-0.39, 0.29) is 16.9 Å². The van der Waals surface area contributed by atoms with Gasteiger partial charge in [-0.15, -0.1) is 0 Å². The summed E-state index contributed by atoms with van der Waals surface area (Å²) in [5.74, 6) is -7.10. The lowest BCUT2D eigenvalue weighted by molar-refractivity contribution is -0.142. The summed E-state index contributed by atoms with van der Waals surface area (Å²) in [4.78, 5) is 27.3. The highest BCUT2D eigenvalue weighted by Crippen LogP contribution is 2.26. The van der Waals surface area contributed by atoms with E-state index in [1.807, 2.05) is 0 Å². The lowest BCUT2D eigenvalue weighted by atomic mass is 10.0. The van der Waals surface area contributed by atoms with Crippen LogP contribution in [0, 0.1) is 17.5 Å². The van der Waals surface area contributed by atoms with E-state index in [1.54, 1.807) is 0 Å². The predicted molar refractivity (Wildman–Crippen MR) is 118 cm³/mol. The Balaban J connectivity index is 2.39. The average molecular weight is 517 g/mol. The third-order valence-corrected chi connectivity index (χ3v) is 4.88. The zero-order valence-electron chi connectivity index (χ0n) is 18.8. The zero-order chi connectivity index (χ0) is 27.4. The molecule has 2 aromatic carbocycles. The molecule has 0 saturated heterocycles. The van der Waals surface area contributed by atoms with Gasteiger partial charge in [-0.3, -0.25) is 14.6 Å². The lowest BCUT2D eigenvalue weighted by Crippen LogP contribution is -2.33. The Labute approximate surface area is 200 Å². The molecule has 194 valence electrons. The number of amidine groups is 1. The molecule has 0 fully saturated rings. The highest BCUT2D eigenvalue weighted by atomic mass is 19.4. The highest BCUT2D eigenvalue weighted by Gasteiger charge is 2.36. The minimum atomic E-state index is -4.80. The number of aliphatic imine (C=N–C) groups is 1. The number of ether oxygens (including phenoxy) is 1. The first-order chi connectivity index (χ1) is 16.7. The second-order valence-electron chi connectivity index (χ2n) is 7.31. The number of hydrogen-bond donors (Lipinski definition) is 4. The van der Waals surface area contributed by atoms with Gasteiger partial charge in [-0.2, -0.15) is 13.2 Å². The fourth-order valence-corrected chi connectivity index (χ4v) is 2.94. The molecular weight excluding hydrogens is 496 g/mol. The molecule has 8 nitrogen and oxygen atoms in total. The molecule has 0 aliphatic heterocycles. The van der Waals surface area contributed by atoms with Crippen LogP contribution >= 0.6 is 0 Å².